The van der Waals surface area contributed by atoms with Gasteiger partial charge >= 0.3 is 0 Å². The molecular formula is C20H15Cl2NO4. The molecule has 138 valence electrons. The molecule has 0 radical (unpaired) electrons. The summed E-state index contributed by atoms with van der Waals surface area (Å²) in [5.41, 5.74) is 1.07. The van der Waals surface area contributed by atoms with E-state index in [1.807, 2.05) is 0 Å². The van der Waals surface area contributed by atoms with Gasteiger partial charge in [-0.05, 0) is 36.2 Å². The lowest BCUT2D eigenvalue weighted by Gasteiger charge is -2.25. The number of carbonyl (C=O) groups is 1. The first kappa shape index (κ1) is 18.0. The maximum absolute atomic E-state index is 13.2. The molecule has 1 aliphatic rings. The second kappa shape index (κ2) is 7.00. The lowest BCUT2D eigenvalue weighted by atomic mass is 9.98. The average Bonchev–Trinajstić information content (AvgIpc) is 2.95. The van der Waals surface area contributed by atoms with Gasteiger partial charge in [-0.1, -0.05) is 41.4 Å². The number of halogens is 2. The van der Waals surface area contributed by atoms with Crippen LogP contribution in [0.2, 0.25) is 10.0 Å². The maximum atomic E-state index is 13.2. The first-order valence-corrected chi connectivity index (χ1v) is 9.21. The number of carbonyl (C=O) groups excluding carboxylic acids is 1. The van der Waals surface area contributed by atoms with Gasteiger partial charge in [0.15, 0.2) is 5.43 Å². The molecular weight excluding hydrogens is 389 g/mol. The summed E-state index contributed by atoms with van der Waals surface area (Å²) < 4.78 is 5.80. The lowest BCUT2D eigenvalue weighted by Crippen LogP contribution is -2.31. The summed E-state index contributed by atoms with van der Waals surface area (Å²) >= 11 is 12.2. The highest BCUT2D eigenvalue weighted by Gasteiger charge is 2.42. The van der Waals surface area contributed by atoms with Crippen molar-refractivity contribution >= 4 is 40.1 Å². The molecule has 0 saturated heterocycles. The third-order valence-electron chi connectivity index (χ3n) is 4.69. The highest BCUT2D eigenvalue weighted by Crippen LogP contribution is 2.39. The van der Waals surface area contributed by atoms with Gasteiger partial charge in [0.05, 0.1) is 27.0 Å². The number of aliphatic hydroxyl groups excluding tert-OH is 1. The summed E-state index contributed by atoms with van der Waals surface area (Å²) in [6.45, 7) is 0.206. The van der Waals surface area contributed by atoms with Crippen LogP contribution in [-0.2, 0) is 0 Å². The maximum Gasteiger partial charge on any atom is 0.290 e. The molecule has 0 aliphatic carbocycles. The SMILES string of the molecule is O=C1c2oc3ccccc3c(=O)c2[C@H](c2ccc(Cl)c(Cl)c2)N1CCCO. The summed E-state index contributed by atoms with van der Waals surface area (Å²) in [6, 6.07) is 11.2. The number of aliphatic hydroxyl groups is 1. The van der Waals surface area contributed by atoms with Crippen LogP contribution >= 0.6 is 23.2 Å². The zero-order valence-corrected chi connectivity index (χ0v) is 15.6. The molecule has 2 heterocycles. The molecule has 0 spiro atoms. The molecule has 2 aromatic carbocycles. The van der Waals surface area contributed by atoms with Crippen LogP contribution in [0.15, 0.2) is 51.7 Å². The Kier molecular flexibility index (Phi) is 4.68. The molecule has 0 unspecified atom stereocenters. The van der Waals surface area contributed by atoms with Crippen LogP contribution in [0.3, 0.4) is 0 Å². The van der Waals surface area contributed by atoms with Gasteiger partial charge in [-0.25, -0.2) is 0 Å². The van der Waals surface area contributed by atoms with E-state index >= 15 is 0 Å². The van der Waals surface area contributed by atoms with E-state index in [2.05, 4.69) is 0 Å². The van der Waals surface area contributed by atoms with Crippen LogP contribution in [0, 0.1) is 0 Å². The van der Waals surface area contributed by atoms with Gasteiger partial charge in [-0.2, -0.15) is 0 Å². The summed E-state index contributed by atoms with van der Waals surface area (Å²) in [5, 5.41) is 10.4. The first-order chi connectivity index (χ1) is 13.0. The number of rotatable bonds is 4. The predicted molar refractivity (Wildman–Crippen MR) is 104 cm³/mol. The Hall–Kier alpha value is -2.34. The van der Waals surface area contributed by atoms with E-state index in [9.17, 15) is 14.7 Å². The van der Waals surface area contributed by atoms with Gasteiger partial charge in [0.2, 0.25) is 5.76 Å². The molecule has 4 rings (SSSR count). The fourth-order valence-corrected chi connectivity index (χ4v) is 3.77. The van der Waals surface area contributed by atoms with Crippen molar-refractivity contribution in [3.63, 3.8) is 0 Å². The third-order valence-corrected chi connectivity index (χ3v) is 5.43. The predicted octanol–water partition coefficient (Wildman–Crippen LogP) is 4.03. The van der Waals surface area contributed by atoms with Crippen molar-refractivity contribution in [2.75, 3.05) is 13.2 Å². The largest absolute Gasteiger partial charge is 0.450 e. The molecule has 5 nitrogen and oxygen atoms in total. The summed E-state index contributed by atoms with van der Waals surface area (Å²) in [7, 11) is 0. The lowest BCUT2D eigenvalue weighted by molar-refractivity contribution is 0.0716. The van der Waals surface area contributed by atoms with Crippen LogP contribution in [-0.4, -0.2) is 29.1 Å². The standard InChI is InChI=1S/C20H15Cl2NO4/c21-13-7-6-11(10-14(13)22)17-16-18(25)12-4-1-2-5-15(12)27-19(16)20(26)23(17)8-3-9-24/h1-2,4-7,10,17,24H,3,8-9H2/t17-/m0/s1. The normalized spacial score (nSPS) is 16.2. The zero-order chi connectivity index (χ0) is 19.1. The smallest absolute Gasteiger partial charge is 0.290 e. The van der Waals surface area contributed by atoms with E-state index in [-0.39, 0.29) is 35.8 Å². The molecule has 0 fully saturated rings. The molecule has 0 bridgehead atoms. The Morgan fingerprint density at radius 1 is 1.07 bits per heavy atom. The van der Waals surface area contributed by atoms with Crippen LogP contribution in [0.4, 0.5) is 0 Å². The van der Waals surface area contributed by atoms with Crippen molar-refractivity contribution < 1.29 is 14.3 Å². The Bertz CT molecular complexity index is 1110. The second-order valence-corrected chi connectivity index (χ2v) is 7.14. The van der Waals surface area contributed by atoms with Gasteiger partial charge in [0.1, 0.15) is 5.58 Å². The van der Waals surface area contributed by atoms with Crippen molar-refractivity contribution in [2.45, 2.75) is 12.5 Å². The molecule has 0 saturated carbocycles. The topological polar surface area (TPSA) is 70.8 Å². The van der Waals surface area contributed by atoms with E-state index in [1.54, 1.807) is 42.5 Å². The van der Waals surface area contributed by atoms with Crippen molar-refractivity contribution in [2.24, 2.45) is 0 Å². The number of amides is 1. The Morgan fingerprint density at radius 2 is 1.85 bits per heavy atom. The average molecular weight is 404 g/mol. The summed E-state index contributed by atoms with van der Waals surface area (Å²) in [4.78, 5) is 27.7. The van der Waals surface area contributed by atoms with E-state index in [1.165, 1.54) is 4.90 Å². The molecule has 1 amide bonds. The molecule has 1 aromatic heterocycles. The van der Waals surface area contributed by atoms with Crippen molar-refractivity contribution in [3.8, 4) is 0 Å². The number of fused-ring (bicyclic) bond motifs is 2. The van der Waals surface area contributed by atoms with Crippen LogP contribution in [0.1, 0.15) is 34.1 Å². The molecule has 1 atom stereocenters. The van der Waals surface area contributed by atoms with Gasteiger partial charge in [0, 0.05) is 13.2 Å². The highest BCUT2D eigenvalue weighted by molar-refractivity contribution is 6.42. The summed E-state index contributed by atoms with van der Waals surface area (Å²) in [6.07, 6.45) is 0.380. The number of benzene rings is 2. The molecule has 1 aliphatic heterocycles. The molecule has 1 N–H and O–H groups in total. The minimum atomic E-state index is -0.644. The quantitative estimate of drug-likeness (QED) is 0.713. The van der Waals surface area contributed by atoms with E-state index in [4.69, 9.17) is 27.6 Å². The minimum absolute atomic E-state index is 0.0349. The van der Waals surface area contributed by atoms with Crippen molar-refractivity contribution in [3.05, 3.63) is 79.6 Å². The number of nitrogens with zero attached hydrogens (tertiary/aromatic N) is 1. The minimum Gasteiger partial charge on any atom is -0.450 e. The van der Waals surface area contributed by atoms with Crippen LogP contribution in [0.25, 0.3) is 11.0 Å². The Morgan fingerprint density at radius 3 is 2.59 bits per heavy atom. The van der Waals surface area contributed by atoms with Crippen molar-refractivity contribution in [1.82, 2.24) is 4.90 Å². The molecule has 27 heavy (non-hydrogen) atoms. The van der Waals surface area contributed by atoms with E-state index in [0.29, 0.717) is 33.0 Å². The number of hydrogen-bond donors (Lipinski definition) is 1. The van der Waals surface area contributed by atoms with Gasteiger partial charge < -0.3 is 14.4 Å². The van der Waals surface area contributed by atoms with E-state index in [0.717, 1.165) is 0 Å². The highest BCUT2D eigenvalue weighted by atomic mass is 35.5. The van der Waals surface area contributed by atoms with Crippen molar-refractivity contribution in [1.29, 1.82) is 0 Å². The fraction of sp³-hybridized carbons (Fsp3) is 0.200. The van der Waals surface area contributed by atoms with Gasteiger partial charge in [-0.15, -0.1) is 0 Å². The number of para-hydroxylation sites is 1. The first-order valence-electron chi connectivity index (χ1n) is 8.45. The monoisotopic (exact) mass is 403 g/mol. The van der Waals surface area contributed by atoms with E-state index < -0.39 is 6.04 Å². The number of hydrogen-bond acceptors (Lipinski definition) is 4. The Balaban J connectivity index is 1.97. The van der Waals surface area contributed by atoms with Crippen LogP contribution in [0.5, 0.6) is 0 Å². The molecule has 7 heteroatoms. The van der Waals surface area contributed by atoms with Gasteiger partial charge in [0.25, 0.3) is 5.91 Å². The molecule has 3 aromatic rings. The fourth-order valence-electron chi connectivity index (χ4n) is 3.47. The summed E-state index contributed by atoms with van der Waals surface area (Å²) in [5.74, 6) is -0.343. The second-order valence-electron chi connectivity index (χ2n) is 6.32. The van der Waals surface area contributed by atoms with Crippen LogP contribution < -0.4 is 5.43 Å². The zero-order valence-electron chi connectivity index (χ0n) is 14.1. The third kappa shape index (κ3) is 2.92. The Labute approximate surface area is 164 Å². The van der Waals surface area contributed by atoms with Gasteiger partial charge in [-0.3, -0.25) is 9.59 Å².